The van der Waals surface area contributed by atoms with Crippen LogP contribution in [0.3, 0.4) is 0 Å². The number of likely N-dealkylation sites (tertiary alicyclic amines) is 1. The van der Waals surface area contributed by atoms with Gasteiger partial charge in [-0.3, -0.25) is 4.90 Å². The standard InChI is InChI=1S/C13H18Cl2N2/c1-9-3-4-17(10(2)5-9)8-11-7-16-13(15)6-12(11)14/h6-7,9-10H,3-5,8H2,1-2H3. The van der Waals surface area contributed by atoms with Crippen molar-refractivity contribution >= 4 is 23.2 Å². The highest BCUT2D eigenvalue weighted by Crippen LogP contribution is 2.26. The lowest BCUT2D eigenvalue weighted by Gasteiger charge is -2.36. The molecule has 2 unspecified atom stereocenters. The third kappa shape index (κ3) is 3.34. The first-order valence-electron chi connectivity index (χ1n) is 6.10. The predicted octanol–water partition coefficient (Wildman–Crippen LogP) is 4.01. The maximum absolute atomic E-state index is 6.17. The van der Waals surface area contributed by atoms with Crippen molar-refractivity contribution < 1.29 is 0 Å². The van der Waals surface area contributed by atoms with Gasteiger partial charge in [-0.15, -0.1) is 0 Å². The van der Waals surface area contributed by atoms with Crippen molar-refractivity contribution in [3.05, 3.63) is 28.0 Å². The number of halogens is 2. The zero-order valence-electron chi connectivity index (χ0n) is 10.3. The quantitative estimate of drug-likeness (QED) is 0.757. The van der Waals surface area contributed by atoms with Gasteiger partial charge in [0, 0.05) is 29.4 Å². The van der Waals surface area contributed by atoms with E-state index in [-0.39, 0.29) is 0 Å². The number of aromatic nitrogens is 1. The molecule has 1 saturated heterocycles. The van der Waals surface area contributed by atoms with E-state index < -0.39 is 0 Å². The maximum Gasteiger partial charge on any atom is 0.130 e. The van der Waals surface area contributed by atoms with Crippen molar-refractivity contribution in [2.75, 3.05) is 6.54 Å². The monoisotopic (exact) mass is 272 g/mol. The topological polar surface area (TPSA) is 16.1 Å². The third-order valence-corrected chi connectivity index (χ3v) is 4.10. The van der Waals surface area contributed by atoms with Gasteiger partial charge in [0.25, 0.3) is 0 Å². The second kappa shape index (κ2) is 5.55. The van der Waals surface area contributed by atoms with Crippen LogP contribution in [0.15, 0.2) is 12.3 Å². The highest BCUT2D eigenvalue weighted by Gasteiger charge is 2.23. The molecule has 2 nitrogen and oxygen atoms in total. The molecule has 2 rings (SSSR count). The van der Waals surface area contributed by atoms with Gasteiger partial charge in [-0.25, -0.2) is 4.98 Å². The van der Waals surface area contributed by atoms with Crippen molar-refractivity contribution in [3.8, 4) is 0 Å². The second-order valence-corrected chi connectivity index (χ2v) is 5.84. The van der Waals surface area contributed by atoms with Gasteiger partial charge in [0.2, 0.25) is 0 Å². The van der Waals surface area contributed by atoms with E-state index >= 15 is 0 Å². The number of rotatable bonds is 2. The molecule has 0 aliphatic carbocycles. The second-order valence-electron chi connectivity index (χ2n) is 5.05. The van der Waals surface area contributed by atoms with Gasteiger partial charge in [0.1, 0.15) is 5.15 Å². The Morgan fingerprint density at radius 2 is 2.18 bits per heavy atom. The summed E-state index contributed by atoms with van der Waals surface area (Å²) in [5, 5.41) is 1.18. The van der Waals surface area contributed by atoms with Crippen molar-refractivity contribution in [2.45, 2.75) is 39.3 Å². The van der Waals surface area contributed by atoms with Gasteiger partial charge in [-0.05, 0) is 38.3 Å². The van der Waals surface area contributed by atoms with Gasteiger partial charge >= 0.3 is 0 Å². The minimum atomic E-state index is 0.457. The smallest absolute Gasteiger partial charge is 0.130 e. The minimum absolute atomic E-state index is 0.457. The molecule has 0 bridgehead atoms. The summed E-state index contributed by atoms with van der Waals surface area (Å²) >= 11 is 12.0. The van der Waals surface area contributed by atoms with Gasteiger partial charge in [-0.2, -0.15) is 0 Å². The number of nitrogens with zero attached hydrogens (tertiary/aromatic N) is 2. The van der Waals surface area contributed by atoms with E-state index in [1.54, 1.807) is 12.3 Å². The molecule has 1 aliphatic rings. The molecule has 94 valence electrons. The van der Waals surface area contributed by atoms with Gasteiger partial charge in [0.05, 0.1) is 0 Å². The molecule has 2 atom stereocenters. The van der Waals surface area contributed by atoms with E-state index in [4.69, 9.17) is 23.2 Å². The first-order valence-corrected chi connectivity index (χ1v) is 6.86. The number of pyridine rings is 1. The molecular formula is C13H18Cl2N2. The van der Waals surface area contributed by atoms with Crippen LogP contribution in [0.5, 0.6) is 0 Å². The fourth-order valence-electron chi connectivity index (χ4n) is 2.46. The van der Waals surface area contributed by atoms with Crippen LogP contribution in [0.1, 0.15) is 32.3 Å². The van der Waals surface area contributed by atoms with Crippen molar-refractivity contribution in [3.63, 3.8) is 0 Å². The van der Waals surface area contributed by atoms with Crippen LogP contribution in [0.25, 0.3) is 0 Å². The first-order chi connectivity index (χ1) is 8.06. The first kappa shape index (κ1) is 13.1. The zero-order valence-corrected chi connectivity index (χ0v) is 11.8. The van der Waals surface area contributed by atoms with Crippen LogP contribution < -0.4 is 0 Å². The summed E-state index contributed by atoms with van der Waals surface area (Å²) in [4.78, 5) is 6.57. The molecule has 1 fully saturated rings. The molecule has 4 heteroatoms. The summed E-state index contributed by atoms with van der Waals surface area (Å²) in [5.41, 5.74) is 1.07. The largest absolute Gasteiger partial charge is 0.296 e. The molecule has 0 aromatic carbocycles. The third-order valence-electron chi connectivity index (χ3n) is 3.55. The van der Waals surface area contributed by atoms with E-state index in [1.165, 1.54) is 12.8 Å². The van der Waals surface area contributed by atoms with Crippen LogP contribution >= 0.6 is 23.2 Å². The lowest BCUT2D eigenvalue weighted by molar-refractivity contribution is 0.122. The molecule has 0 amide bonds. The maximum atomic E-state index is 6.17. The predicted molar refractivity (Wildman–Crippen MR) is 72.5 cm³/mol. The van der Waals surface area contributed by atoms with Crippen LogP contribution in [-0.4, -0.2) is 22.5 Å². The Hall–Kier alpha value is -0.310. The zero-order chi connectivity index (χ0) is 12.4. The molecule has 1 aromatic rings. The van der Waals surface area contributed by atoms with E-state index in [1.807, 2.05) is 0 Å². The summed E-state index contributed by atoms with van der Waals surface area (Å²) in [6.45, 7) is 6.62. The summed E-state index contributed by atoms with van der Waals surface area (Å²) in [6.07, 6.45) is 4.32. The Labute approximate surface area is 113 Å². The van der Waals surface area contributed by atoms with Crippen molar-refractivity contribution in [2.24, 2.45) is 5.92 Å². The Kier molecular flexibility index (Phi) is 4.29. The lowest BCUT2D eigenvalue weighted by atomic mass is 9.93. The number of hydrogen-bond acceptors (Lipinski definition) is 2. The minimum Gasteiger partial charge on any atom is -0.296 e. The van der Waals surface area contributed by atoms with E-state index in [2.05, 4.69) is 23.7 Å². The number of hydrogen-bond donors (Lipinski definition) is 0. The molecule has 1 aliphatic heterocycles. The fourth-order valence-corrected chi connectivity index (χ4v) is 2.89. The summed E-state index contributed by atoms with van der Waals surface area (Å²) in [7, 11) is 0. The molecule has 1 aromatic heterocycles. The van der Waals surface area contributed by atoms with Gasteiger partial charge in [0.15, 0.2) is 0 Å². The average molecular weight is 273 g/mol. The van der Waals surface area contributed by atoms with Crippen LogP contribution in [0.2, 0.25) is 10.2 Å². The Balaban J connectivity index is 2.05. The highest BCUT2D eigenvalue weighted by atomic mass is 35.5. The molecular weight excluding hydrogens is 255 g/mol. The Morgan fingerprint density at radius 3 is 2.82 bits per heavy atom. The van der Waals surface area contributed by atoms with Crippen LogP contribution in [0.4, 0.5) is 0 Å². The van der Waals surface area contributed by atoms with Gasteiger partial charge < -0.3 is 0 Å². The fraction of sp³-hybridized carbons (Fsp3) is 0.615. The molecule has 2 heterocycles. The molecule has 17 heavy (non-hydrogen) atoms. The molecule has 0 radical (unpaired) electrons. The summed E-state index contributed by atoms with van der Waals surface area (Å²) in [6, 6.07) is 2.33. The molecule has 0 spiro atoms. The van der Waals surface area contributed by atoms with Crippen molar-refractivity contribution in [1.29, 1.82) is 0 Å². The summed E-state index contributed by atoms with van der Waals surface area (Å²) < 4.78 is 0. The van der Waals surface area contributed by atoms with E-state index in [0.29, 0.717) is 11.2 Å². The Morgan fingerprint density at radius 1 is 1.41 bits per heavy atom. The average Bonchev–Trinajstić information content (AvgIpc) is 2.25. The lowest BCUT2D eigenvalue weighted by Crippen LogP contribution is -2.39. The molecule has 0 saturated carbocycles. The van der Waals surface area contributed by atoms with Crippen LogP contribution in [0, 0.1) is 5.92 Å². The van der Waals surface area contributed by atoms with Crippen LogP contribution in [-0.2, 0) is 6.54 Å². The van der Waals surface area contributed by atoms with E-state index in [0.717, 1.165) is 29.6 Å². The summed E-state index contributed by atoms with van der Waals surface area (Å²) in [5.74, 6) is 0.833. The van der Waals surface area contributed by atoms with E-state index in [9.17, 15) is 0 Å². The van der Waals surface area contributed by atoms with Gasteiger partial charge in [-0.1, -0.05) is 30.1 Å². The number of piperidine rings is 1. The highest BCUT2D eigenvalue weighted by molar-refractivity contribution is 6.34. The normalized spacial score (nSPS) is 26.1. The SMILES string of the molecule is CC1CCN(Cc2cnc(Cl)cc2Cl)C(C)C1. The van der Waals surface area contributed by atoms with Crippen molar-refractivity contribution in [1.82, 2.24) is 9.88 Å². The Bertz CT molecular complexity index is 395. The molecule has 0 N–H and O–H groups in total.